The molecule has 0 spiro atoms. The first-order valence-corrected chi connectivity index (χ1v) is 10.6. The maximum atomic E-state index is 12.8. The zero-order valence-corrected chi connectivity index (χ0v) is 18.4. The minimum atomic E-state index is -1.22. The van der Waals surface area contributed by atoms with Crippen molar-refractivity contribution in [3.63, 3.8) is 0 Å². The third-order valence-electron chi connectivity index (χ3n) is 5.45. The Labute approximate surface area is 194 Å². The maximum absolute atomic E-state index is 12.8. The molecule has 0 aliphatic carbocycles. The number of carboxylic acids is 1. The van der Waals surface area contributed by atoms with Gasteiger partial charge in [-0.25, -0.2) is 9.97 Å². The molecule has 0 saturated carbocycles. The number of ether oxygens (including phenoxy) is 1. The lowest BCUT2D eigenvalue weighted by molar-refractivity contribution is -0.149. The summed E-state index contributed by atoms with van der Waals surface area (Å²) in [7, 11) is 0. The van der Waals surface area contributed by atoms with Crippen molar-refractivity contribution in [1.82, 2.24) is 14.9 Å². The highest BCUT2D eigenvalue weighted by molar-refractivity contribution is 6.30. The minimum absolute atomic E-state index is 0.0417. The number of hydrogen-bond acceptors (Lipinski definition) is 5. The van der Waals surface area contributed by atoms with Gasteiger partial charge in [0.05, 0.1) is 18.1 Å². The molecule has 3 aromatic rings. The van der Waals surface area contributed by atoms with Crippen molar-refractivity contribution in [2.24, 2.45) is 5.41 Å². The van der Waals surface area contributed by atoms with Gasteiger partial charge in [-0.2, -0.15) is 0 Å². The number of carboxylic acid groups (broad SMARTS) is 1. The highest BCUT2D eigenvalue weighted by Crippen LogP contribution is 2.33. The summed E-state index contributed by atoms with van der Waals surface area (Å²) in [5, 5.41) is 11.0. The third-order valence-corrected chi connectivity index (χ3v) is 5.95. The van der Waals surface area contributed by atoms with E-state index in [1.807, 2.05) is 12.1 Å². The standard InChI is InChI=1S/C23H19Cl2N3O4/c24-17-5-1-15(2-6-17)19-11-27-20(12-26-19)32-14-23(22(30)31)9-10-28(13-23)21(29)16-3-7-18(25)8-4-16/h1-8,11-12H,9-10,13-14H2,(H,30,31). The molecule has 2 heterocycles. The second-order valence-corrected chi connectivity index (χ2v) is 8.48. The van der Waals surface area contributed by atoms with E-state index in [1.54, 1.807) is 42.6 Å². The fourth-order valence-electron chi connectivity index (χ4n) is 3.55. The predicted octanol–water partition coefficient (Wildman–Crippen LogP) is 4.45. The third kappa shape index (κ3) is 4.69. The normalized spacial score (nSPS) is 17.9. The summed E-state index contributed by atoms with van der Waals surface area (Å²) in [6, 6.07) is 13.7. The first-order chi connectivity index (χ1) is 15.4. The number of aliphatic carboxylic acids is 1. The summed E-state index contributed by atoms with van der Waals surface area (Å²) < 4.78 is 5.68. The molecule has 1 aromatic heterocycles. The number of carbonyl (C=O) groups is 2. The fraction of sp³-hybridized carbons (Fsp3) is 0.217. The van der Waals surface area contributed by atoms with Crippen molar-refractivity contribution in [3.8, 4) is 17.1 Å². The van der Waals surface area contributed by atoms with E-state index >= 15 is 0 Å². The highest BCUT2D eigenvalue weighted by atomic mass is 35.5. The van der Waals surface area contributed by atoms with Crippen LogP contribution < -0.4 is 4.74 Å². The van der Waals surface area contributed by atoms with E-state index in [4.69, 9.17) is 27.9 Å². The lowest BCUT2D eigenvalue weighted by Gasteiger charge is -2.24. The van der Waals surface area contributed by atoms with Gasteiger partial charge in [-0.15, -0.1) is 0 Å². The SMILES string of the molecule is O=C(c1ccc(Cl)cc1)N1CCC(COc2cnc(-c3ccc(Cl)cc3)cn2)(C(=O)O)C1. The van der Waals surface area contributed by atoms with E-state index < -0.39 is 11.4 Å². The van der Waals surface area contributed by atoms with Crippen LogP contribution in [-0.2, 0) is 4.79 Å². The molecule has 32 heavy (non-hydrogen) atoms. The summed E-state index contributed by atoms with van der Waals surface area (Å²) >= 11 is 11.8. The molecule has 4 rings (SSSR count). The lowest BCUT2D eigenvalue weighted by atomic mass is 9.88. The van der Waals surface area contributed by atoms with Crippen LogP contribution in [0.1, 0.15) is 16.8 Å². The number of nitrogens with zero attached hydrogens (tertiary/aromatic N) is 3. The Morgan fingerprint density at radius 2 is 1.66 bits per heavy atom. The second-order valence-electron chi connectivity index (χ2n) is 7.60. The van der Waals surface area contributed by atoms with Crippen molar-refractivity contribution < 1.29 is 19.4 Å². The molecular weight excluding hydrogens is 453 g/mol. The van der Waals surface area contributed by atoms with E-state index in [1.165, 1.54) is 11.1 Å². The van der Waals surface area contributed by atoms with Gasteiger partial charge in [0.2, 0.25) is 5.88 Å². The number of carbonyl (C=O) groups excluding carboxylic acids is 1. The van der Waals surface area contributed by atoms with E-state index in [9.17, 15) is 14.7 Å². The van der Waals surface area contributed by atoms with Gasteiger partial charge >= 0.3 is 5.97 Å². The Morgan fingerprint density at radius 1 is 1.00 bits per heavy atom. The van der Waals surface area contributed by atoms with E-state index in [-0.39, 0.29) is 31.4 Å². The lowest BCUT2D eigenvalue weighted by Crippen LogP contribution is -2.41. The van der Waals surface area contributed by atoms with Crippen LogP contribution in [0.15, 0.2) is 60.9 Å². The average molecular weight is 472 g/mol. The molecule has 1 amide bonds. The second kappa shape index (κ2) is 9.14. The van der Waals surface area contributed by atoms with Crippen LogP contribution in [0.3, 0.4) is 0 Å². The number of rotatable bonds is 6. The largest absolute Gasteiger partial charge is 0.481 e. The zero-order valence-electron chi connectivity index (χ0n) is 16.9. The number of likely N-dealkylation sites (tertiary alicyclic amines) is 1. The Hall–Kier alpha value is -3.16. The van der Waals surface area contributed by atoms with Gasteiger partial charge in [-0.05, 0) is 42.8 Å². The van der Waals surface area contributed by atoms with Crippen LogP contribution in [0, 0.1) is 5.41 Å². The highest BCUT2D eigenvalue weighted by Gasteiger charge is 2.47. The Bertz CT molecular complexity index is 1120. The quantitative estimate of drug-likeness (QED) is 0.570. The van der Waals surface area contributed by atoms with Crippen LogP contribution in [0.25, 0.3) is 11.3 Å². The molecule has 1 saturated heterocycles. The number of aromatic nitrogens is 2. The van der Waals surface area contributed by atoms with Crippen LogP contribution in [0.4, 0.5) is 0 Å². The smallest absolute Gasteiger partial charge is 0.315 e. The van der Waals surface area contributed by atoms with Crippen molar-refractivity contribution in [1.29, 1.82) is 0 Å². The molecule has 7 nitrogen and oxygen atoms in total. The number of halogens is 2. The van der Waals surface area contributed by atoms with E-state index in [0.29, 0.717) is 27.8 Å². The first-order valence-electron chi connectivity index (χ1n) is 9.85. The predicted molar refractivity (Wildman–Crippen MR) is 120 cm³/mol. The molecule has 1 fully saturated rings. The number of amides is 1. The molecule has 1 atom stereocenters. The molecule has 9 heteroatoms. The Balaban J connectivity index is 1.42. The average Bonchev–Trinajstić information content (AvgIpc) is 3.25. The summed E-state index contributed by atoms with van der Waals surface area (Å²) in [5.41, 5.74) is 0.726. The van der Waals surface area contributed by atoms with E-state index in [0.717, 1.165) is 5.56 Å². The van der Waals surface area contributed by atoms with Crippen LogP contribution in [-0.4, -0.2) is 51.5 Å². The molecule has 0 bridgehead atoms. The summed E-state index contributed by atoms with van der Waals surface area (Å²) in [6.07, 6.45) is 3.28. The van der Waals surface area contributed by atoms with E-state index in [2.05, 4.69) is 9.97 Å². The molecule has 1 unspecified atom stereocenters. The first kappa shape index (κ1) is 22.0. The minimum Gasteiger partial charge on any atom is -0.481 e. The molecule has 1 aliphatic rings. The monoisotopic (exact) mass is 471 g/mol. The molecule has 2 aromatic carbocycles. The topological polar surface area (TPSA) is 92.6 Å². The summed E-state index contributed by atoms with van der Waals surface area (Å²) in [6.45, 7) is 0.236. The summed E-state index contributed by atoms with van der Waals surface area (Å²) in [5.74, 6) is -1.04. The van der Waals surface area contributed by atoms with Gasteiger partial charge in [0.1, 0.15) is 12.0 Å². The van der Waals surface area contributed by atoms with Gasteiger partial charge in [0, 0.05) is 34.3 Å². The van der Waals surface area contributed by atoms with Gasteiger partial charge in [0.25, 0.3) is 5.91 Å². The van der Waals surface area contributed by atoms with Gasteiger partial charge in [-0.1, -0.05) is 35.3 Å². The Kier molecular flexibility index (Phi) is 6.30. The molecule has 1 aliphatic heterocycles. The van der Waals surface area contributed by atoms with Gasteiger partial charge in [0.15, 0.2) is 0 Å². The van der Waals surface area contributed by atoms with Gasteiger partial charge < -0.3 is 14.7 Å². The zero-order chi connectivity index (χ0) is 22.7. The van der Waals surface area contributed by atoms with Crippen molar-refractivity contribution in [3.05, 3.63) is 76.5 Å². The van der Waals surface area contributed by atoms with Crippen molar-refractivity contribution in [2.75, 3.05) is 19.7 Å². The van der Waals surface area contributed by atoms with Crippen LogP contribution >= 0.6 is 23.2 Å². The van der Waals surface area contributed by atoms with Crippen molar-refractivity contribution in [2.45, 2.75) is 6.42 Å². The van der Waals surface area contributed by atoms with Crippen LogP contribution in [0.5, 0.6) is 5.88 Å². The van der Waals surface area contributed by atoms with Crippen LogP contribution in [0.2, 0.25) is 10.0 Å². The molecule has 0 radical (unpaired) electrons. The van der Waals surface area contributed by atoms with Gasteiger partial charge in [-0.3, -0.25) is 9.59 Å². The maximum Gasteiger partial charge on any atom is 0.315 e. The molecular formula is C23H19Cl2N3O4. The Morgan fingerprint density at radius 3 is 2.25 bits per heavy atom. The number of hydrogen-bond donors (Lipinski definition) is 1. The molecule has 1 N–H and O–H groups in total. The van der Waals surface area contributed by atoms with Crippen molar-refractivity contribution >= 4 is 35.1 Å². The number of benzene rings is 2. The molecule has 164 valence electrons. The fourth-order valence-corrected chi connectivity index (χ4v) is 3.80. The summed E-state index contributed by atoms with van der Waals surface area (Å²) in [4.78, 5) is 34.9.